The minimum atomic E-state index is 0. The van der Waals surface area contributed by atoms with Gasteiger partial charge in [-0.25, -0.2) is 0 Å². The van der Waals surface area contributed by atoms with Crippen LogP contribution in [0.2, 0.25) is 0 Å². The molecule has 0 aliphatic heterocycles. The second kappa shape index (κ2) is 11.8. The summed E-state index contributed by atoms with van der Waals surface area (Å²) < 4.78 is 0. The van der Waals surface area contributed by atoms with Gasteiger partial charge in [-0.2, -0.15) is 0 Å². The molecule has 0 N–H and O–H groups in total. The van der Waals surface area contributed by atoms with E-state index < -0.39 is 0 Å². The van der Waals surface area contributed by atoms with Crippen LogP contribution in [-0.2, 0) is 16.5 Å². The fourth-order valence-corrected chi connectivity index (χ4v) is 3.53. The van der Waals surface area contributed by atoms with Gasteiger partial charge in [0, 0.05) is 16.5 Å². The van der Waals surface area contributed by atoms with E-state index in [0.29, 0.717) is 23.7 Å². The van der Waals surface area contributed by atoms with Crippen molar-refractivity contribution in [3.8, 4) is 0 Å². The molecule has 0 amide bonds. The van der Waals surface area contributed by atoms with Crippen molar-refractivity contribution in [3.05, 3.63) is 58.7 Å². The average Bonchev–Trinajstić information content (AvgIpc) is 2.67. The molecule has 0 atom stereocenters. The first-order valence-electron chi connectivity index (χ1n) is 11.4. The van der Waals surface area contributed by atoms with E-state index in [2.05, 4.69) is 106 Å². The minimum Gasteiger partial charge on any atom is -0.252 e. The van der Waals surface area contributed by atoms with Gasteiger partial charge in [-0.15, -0.1) is 0 Å². The molecule has 2 aromatic carbocycles. The second-order valence-corrected chi connectivity index (χ2v) is 9.65. The van der Waals surface area contributed by atoms with E-state index >= 15 is 0 Å². The van der Waals surface area contributed by atoms with Crippen LogP contribution in [0.1, 0.15) is 115 Å². The Morgan fingerprint density at radius 3 is 1.13 bits per heavy atom. The summed E-state index contributed by atoms with van der Waals surface area (Å²) in [4.78, 5) is 10.1. The molecule has 0 bridgehead atoms. The SMILES string of the molecule is CC(=Nc1cc(C(C)C)ccc1C(C)C)C(C)=Nc1cc(C(C)C)ccc1C(C)C.[Ni]. The van der Waals surface area contributed by atoms with Crippen LogP contribution in [0.25, 0.3) is 0 Å². The molecule has 0 fully saturated rings. The van der Waals surface area contributed by atoms with Crippen molar-refractivity contribution < 1.29 is 16.5 Å². The summed E-state index contributed by atoms with van der Waals surface area (Å²) in [5.41, 5.74) is 9.32. The van der Waals surface area contributed by atoms with Crippen LogP contribution in [0.3, 0.4) is 0 Å². The molecule has 0 unspecified atom stereocenters. The standard InChI is InChI=1S/C28H40N2.Ni/c1-17(2)23-11-13-25(19(5)6)27(15-23)29-21(9)22(10)30-28-16-24(18(3)4)12-14-26(28)20(7)8;/h11-20H,1-10H3;. The van der Waals surface area contributed by atoms with E-state index in [1.807, 2.05) is 0 Å². The number of nitrogens with zero attached hydrogens (tertiary/aromatic N) is 2. The average molecular weight is 463 g/mol. The van der Waals surface area contributed by atoms with Crippen molar-refractivity contribution >= 4 is 22.8 Å². The Hall–Kier alpha value is -1.73. The van der Waals surface area contributed by atoms with Gasteiger partial charge in [0.25, 0.3) is 0 Å². The summed E-state index contributed by atoms with van der Waals surface area (Å²) in [7, 11) is 0. The molecule has 0 aliphatic rings. The fraction of sp³-hybridized carbons (Fsp3) is 0.500. The normalized spacial score (nSPS) is 12.8. The number of rotatable bonds is 7. The topological polar surface area (TPSA) is 24.7 Å². The van der Waals surface area contributed by atoms with Crippen LogP contribution >= 0.6 is 0 Å². The zero-order chi connectivity index (χ0) is 22.6. The predicted octanol–water partition coefficient (Wildman–Crippen LogP) is 9.06. The van der Waals surface area contributed by atoms with Crippen molar-refractivity contribution in [2.45, 2.75) is 92.9 Å². The fourth-order valence-electron chi connectivity index (χ4n) is 3.53. The van der Waals surface area contributed by atoms with Gasteiger partial charge in [-0.05, 0) is 71.9 Å². The van der Waals surface area contributed by atoms with Gasteiger partial charge in [0.1, 0.15) is 0 Å². The summed E-state index contributed by atoms with van der Waals surface area (Å²) in [6.45, 7) is 22.0. The minimum absolute atomic E-state index is 0. The Morgan fingerprint density at radius 1 is 0.548 bits per heavy atom. The molecule has 2 nitrogen and oxygen atoms in total. The van der Waals surface area contributed by atoms with E-state index in [1.165, 1.54) is 22.3 Å². The number of hydrogen-bond donors (Lipinski definition) is 0. The smallest absolute Gasteiger partial charge is 0.0671 e. The van der Waals surface area contributed by atoms with E-state index in [9.17, 15) is 0 Å². The number of benzene rings is 2. The zero-order valence-electron chi connectivity index (χ0n) is 21.0. The van der Waals surface area contributed by atoms with Crippen LogP contribution in [0.5, 0.6) is 0 Å². The number of aliphatic imine (C=N–C) groups is 2. The first-order chi connectivity index (χ1) is 14.0. The van der Waals surface area contributed by atoms with E-state index in [1.54, 1.807) is 0 Å². The Labute approximate surface area is 200 Å². The van der Waals surface area contributed by atoms with Crippen LogP contribution in [0.15, 0.2) is 46.4 Å². The molecule has 0 saturated carbocycles. The van der Waals surface area contributed by atoms with Crippen molar-refractivity contribution in [3.63, 3.8) is 0 Å². The van der Waals surface area contributed by atoms with Crippen LogP contribution in [-0.4, -0.2) is 11.4 Å². The van der Waals surface area contributed by atoms with Crippen LogP contribution < -0.4 is 0 Å². The maximum atomic E-state index is 5.04. The van der Waals surface area contributed by atoms with Crippen molar-refractivity contribution in [1.29, 1.82) is 0 Å². The van der Waals surface area contributed by atoms with E-state index in [-0.39, 0.29) is 16.5 Å². The maximum Gasteiger partial charge on any atom is 0.0671 e. The van der Waals surface area contributed by atoms with Gasteiger partial charge in [0.15, 0.2) is 0 Å². The summed E-state index contributed by atoms with van der Waals surface area (Å²) in [6.07, 6.45) is 0. The van der Waals surface area contributed by atoms with Gasteiger partial charge < -0.3 is 0 Å². The molecular formula is C28H40N2Ni. The first-order valence-corrected chi connectivity index (χ1v) is 11.4. The molecule has 2 rings (SSSR count). The molecule has 0 spiro atoms. The monoisotopic (exact) mass is 462 g/mol. The molecule has 31 heavy (non-hydrogen) atoms. The molecular weight excluding hydrogens is 423 g/mol. The zero-order valence-corrected chi connectivity index (χ0v) is 22.0. The third kappa shape index (κ3) is 7.14. The first kappa shape index (κ1) is 27.3. The maximum absolute atomic E-state index is 5.04. The molecule has 2 aromatic rings. The molecule has 0 aromatic heterocycles. The van der Waals surface area contributed by atoms with E-state index in [4.69, 9.17) is 9.98 Å². The van der Waals surface area contributed by atoms with Crippen molar-refractivity contribution in [1.82, 2.24) is 0 Å². The summed E-state index contributed by atoms with van der Waals surface area (Å²) in [6, 6.07) is 13.4. The van der Waals surface area contributed by atoms with Gasteiger partial charge in [0.05, 0.1) is 22.8 Å². The molecule has 0 heterocycles. The van der Waals surface area contributed by atoms with Gasteiger partial charge >= 0.3 is 0 Å². The number of hydrogen-bond acceptors (Lipinski definition) is 2. The van der Waals surface area contributed by atoms with Crippen molar-refractivity contribution in [2.75, 3.05) is 0 Å². The quantitative estimate of drug-likeness (QED) is 0.289. The van der Waals surface area contributed by atoms with Crippen LogP contribution in [0.4, 0.5) is 11.4 Å². The summed E-state index contributed by atoms with van der Waals surface area (Å²) >= 11 is 0. The molecule has 3 heteroatoms. The molecule has 0 saturated heterocycles. The Morgan fingerprint density at radius 2 is 0.871 bits per heavy atom. The van der Waals surface area contributed by atoms with Crippen molar-refractivity contribution in [2.24, 2.45) is 9.98 Å². The Bertz CT molecular complexity index is 857. The van der Waals surface area contributed by atoms with Crippen LogP contribution in [0, 0.1) is 0 Å². The van der Waals surface area contributed by atoms with Gasteiger partial charge in [-0.1, -0.05) is 79.7 Å². The predicted molar refractivity (Wildman–Crippen MR) is 135 cm³/mol. The van der Waals surface area contributed by atoms with E-state index in [0.717, 1.165) is 22.8 Å². The Kier molecular flexibility index (Phi) is 10.4. The van der Waals surface area contributed by atoms with Gasteiger partial charge in [-0.3, -0.25) is 9.98 Å². The summed E-state index contributed by atoms with van der Waals surface area (Å²) in [5.74, 6) is 1.85. The molecule has 172 valence electrons. The third-order valence-corrected chi connectivity index (χ3v) is 5.79. The summed E-state index contributed by atoms with van der Waals surface area (Å²) in [5, 5.41) is 0. The molecule has 0 aliphatic carbocycles. The van der Waals surface area contributed by atoms with Gasteiger partial charge in [0.2, 0.25) is 0 Å². The second-order valence-electron chi connectivity index (χ2n) is 9.65. The Balaban J connectivity index is 0.00000480. The third-order valence-electron chi connectivity index (χ3n) is 5.79. The molecule has 0 radical (unpaired) electrons. The largest absolute Gasteiger partial charge is 0.252 e.